The quantitative estimate of drug-likeness (QED) is 0.528. The van der Waals surface area contributed by atoms with Crippen molar-refractivity contribution < 1.29 is 4.92 Å². The maximum absolute atomic E-state index is 10.9. The van der Waals surface area contributed by atoms with E-state index in [-0.39, 0.29) is 5.69 Å². The molecule has 0 fully saturated rings. The molecule has 0 radical (unpaired) electrons. The van der Waals surface area contributed by atoms with E-state index in [1.54, 1.807) is 30.2 Å². The van der Waals surface area contributed by atoms with E-state index in [0.29, 0.717) is 5.69 Å². The topological polar surface area (TPSA) is 73.0 Å². The van der Waals surface area contributed by atoms with Gasteiger partial charge in [-0.05, 0) is 34.7 Å². The lowest BCUT2D eigenvalue weighted by Crippen LogP contribution is -1.96. The smallest absolute Gasteiger partial charge is 0.293 e. The van der Waals surface area contributed by atoms with E-state index in [0.717, 1.165) is 9.26 Å². The number of nitrogens with zero attached hydrogens (tertiary/aromatic N) is 3. The third-order valence-corrected chi connectivity index (χ3v) is 2.81. The zero-order chi connectivity index (χ0) is 12.4. The first-order chi connectivity index (χ1) is 8.06. The van der Waals surface area contributed by atoms with Crippen LogP contribution in [0.15, 0.2) is 30.6 Å². The summed E-state index contributed by atoms with van der Waals surface area (Å²) in [5, 5.41) is 17.9. The van der Waals surface area contributed by atoms with Crippen molar-refractivity contribution >= 4 is 39.7 Å². The monoisotopic (exact) mass is 344 g/mol. The van der Waals surface area contributed by atoms with Crippen LogP contribution < -0.4 is 5.32 Å². The van der Waals surface area contributed by atoms with Crippen molar-refractivity contribution in [1.82, 2.24) is 9.78 Å². The van der Waals surface area contributed by atoms with Crippen molar-refractivity contribution in [3.05, 3.63) is 44.3 Å². The predicted molar refractivity (Wildman–Crippen MR) is 72.3 cm³/mol. The van der Waals surface area contributed by atoms with E-state index in [1.807, 2.05) is 28.7 Å². The van der Waals surface area contributed by atoms with Crippen molar-refractivity contribution in [2.75, 3.05) is 5.32 Å². The molecule has 1 aromatic heterocycles. The highest BCUT2D eigenvalue weighted by atomic mass is 127. The van der Waals surface area contributed by atoms with E-state index < -0.39 is 4.92 Å². The van der Waals surface area contributed by atoms with Crippen LogP contribution in [0.25, 0.3) is 0 Å². The largest absolute Gasteiger partial charge is 0.347 e. The molecule has 0 bridgehead atoms. The first kappa shape index (κ1) is 11.8. The second kappa shape index (κ2) is 4.70. The Balaban J connectivity index is 2.35. The Morgan fingerprint density at radius 3 is 2.88 bits per heavy atom. The standard InChI is InChI=1S/C10H9IN4O2/c1-14-6-8(5-12-14)13-9-3-2-7(11)4-10(9)15(16)17/h2-6,13H,1H3. The lowest BCUT2D eigenvalue weighted by atomic mass is 10.2. The Labute approximate surface area is 111 Å². The molecular weight excluding hydrogens is 335 g/mol. The highest BCUT2D eigenvalue weighted by Crippen LogP contribution is 2.28. The van der Waals surface area contributed by atoms with Crippen molar-refractivity contribution in [2.24, 2.45) is 7.05 Å². The van der Waals surface area contributed by atoms with Crippen LogP contribution in [0.5, 0.6) is 0 Å². The normalized spacial score (nSPS) is 10.2. The molecule has 6 nitrogen and oxygen atoms in total. The van der Waals surface area contributed by atoms with Crippen LogP contribution in [-0.2, 0) is 7.05 Å². The molecule has 2 rings (SSSR count). The lowest BCUT2D eigenvalue weighted by molar-refractivity contribution is -0.384. The molecule has 0 saturated heterocycles. The predicted octanol–water partition coefficient (Wildman–Crippen LogP) is 2.68. The van der Waals surface area contributed by atoms with Gasteiger partial charge in [0.05, 0.1) is 16.8 Å². The van der Waals surface area contributed by atoms with Crippen molar-refractivity contribution in [3.63, 3.8) is 0 Å². The fraction of sp³-hybridized carbons (Fsp3) is 0.100. The van der Waals surface area contributed by atoms with Crippen molar-refractivity contribution in [3.8, 4) is 0 Å². The molecule has 0 aliphatic heterocycles. The summed E-state index contributed by atoms with van der Waals surface area (Å²) in [7, 11) is 1.79. The highest BCUT2D eigenvalue weighted by Gasteiger charge is 2.14. The van der Waals surface area contributed by atoms with Crippen LogP contribution in [-0.4, -0.2) is 14.7 Å². The van der Waals surface area contributed by atoms with Gasteiger partial charge in [-0.1, -0.05) is 0 Å². The minimum absolute atomic E-state index is 0.0563. The molecule has 7 heteroatoms. The van der Waals surface area contributed by atoms with Gasteiger partial charge in [-0.2, -0.15) is 5.10 Å². The van der Waals surface area contributed by atoms with Gasteiger partial charge < -0.3 is 5.32 Å². The Kier molecular flexibility index (Phi) is 3.27. The Morgan fingerprint density at radius 1 is 1.53 bits per heavy atom. The molecular formula is C10H9IN4O2. The van der Waals surface area contributed by atoms with Gasteiger partial charge >= 0.3 is 0 Å². The molecule has 0 unspecified atom stereocenters. The maximum atomic E-state index is 10.9. The number of halogens is 1. The molecule has 1 N–H and O–H groups in total. The first-order valence-electron chi connectivity index (χ1n) is 4.76. The lowest BCUT2D eigenvalue weighted by Gasteiger charge is -2.04. The SMILES string of the molecule is Cn1cc(Nc2ccc(I)cc2[N+](=O)[O-])cn1. The van der Waals surface area contributed by atoms with Gasteiger partial charge in [0.2, 0.25) is 0 Å². The van der Waals surface area contributed by atoms with Crippen molar-refractivity contribution in [2.45, 2.75) is 0 Å². The van der Waals surface area contributed by atoms with Crippen LogP contribution in [0.4, 0.5) is 17.1 Å². The summed E-state index contributed by atoms with van der Waals surface area (Å²) >= 11 is 2.04. The number of nitrogens with one attached hydrogen (secondary N) is 1. The van der Waals surface area contributed by atoms with Gasteiger partial charge in [0.15, 0.2) is 0 Å². The van der Waals surface area contributed by atoms with Gasteiger partial charge in [0.1, 0.15) is 5.69 Å². The van der Waals surface area contributed by atoms with Crippen LogP contribution in [0.1, 0.15) is 0 Å². The number of nitro groups is 1. The van der Waals surface area contributed by atoms with Crippen LogP contribution in [0.3, 0.4) is 0 Å². The van der Waals surface area contributed by atoms with Gasteiger partial charge in [0.25, 0.3) is 5.69 Å². The summed E-state index contributed by atoms with van der Waals surface area (Å²) in [4.78, 5) is 10.5. The summed E-state index contributed by atoms with van der Waals surface area (Å²) < 4.78 is 2.45. The minimum atomic E-state index is -0.402. The Hall–Kier alpha value is -1.64. The molecule has 1 aromatic carbocycles. The van der Waals surface area contributed by atoms with Crippen LogP contribution in [0.2, 0.25) is 0 Å². The molecule has 17 heavy (non-hydrogen) atoms. The number of hydrogen-bond acceptors (Lipinski definition) is 4. The summed E-state index contributed by atoms with van der Waals surface area (Å²) in [6.45, 7) is 0. The van der Waals surface area contributed by atoms with Crippen molar-refractivity contribution in [1.29, 1.82) is 0 Å². The van der Waals surface area contributed by atoms with E-state index in [9.17, 15) is 10.1 Å². The number of hydrogen-bond donors (Lipinski definition) is 1. The Morgan fingerprint density at radius 2 is 2.29 bits per heavy atom. The summed E-state index contributed by atoms with van der Waals surface area (Å²) in [5.41, 5.74) is 1.24. The zero-order valence-electron chi connectivity index (χ0n) is 8.92. The molecule has 0 atom stereocenters. The average Bonchev–Trinajstić information content (AvgIpc) is 2.66. The fourth-order valence-corrected chi connectivity index (χ4v) is 1.88. The van der Waals surface area contributed by atoms with Gasteiger partial charge in [-0.3, -0.25) is 14.8 Å². The summed E-state index contributed by atoms with van der Waals surface area (Å²) in [5.74, 6) is 0. The molecule has 0 saturated carbocycles. The fourth-order valence-electron chi connectivity index (χ4n) is 1.40. The average molecular weight is 344 g/mol. The molecule has 0 aliphatic rings. The Bertz CT molecular complexity index is 567. The van der Waals surface area contributed by atoms with Crippen LogP contribution in [0, 0.1) is 13.7 Å². The third-order valence-electron chi connectivity index (χ3n) is 2.14. The van der Waals surface area contributed by atoms with E-state index in [4.69, 9.17) is 0 Å². The van der Waals surface area contributed by atoms with Crippen LogP contribution >= 0.6 is 22.6 Å². The van der Waals surface area contributed by atoms with Gasteiger partial charge in [0, 0.05) is 22.9 Å². The summed E-state index contributed by atoms with van der Waals surface area (Å²) in [6.07, 6.45) is 3.36. The number of aromatic nitrogens is 2. The minimum Gasteiger partial charge on any atom is -0.347 e. The second-order valence-electron chi connectivity index (χ2n) is 3.45. The zero-order valence-corrected chi connectivity index (χ0v) is 11.1. The molecule has 0 amide bonds. The molecule has 88 valence electrons. The first-order valence-corrected chi connectivity index (χ1v) is 5.84. The maximum Gasteiger partial charge on any atom is 0.293 e. The number of nitro benzene ring substituents is 1. The number of aryl methyl sites for hydroxylation is 1. The van der Waals surface area contributed by atoms with E-state index in [1.165, 1.54) is 6.07 Å². The highest BCUT2D eigenvalue weighted by molar-refractivity contribution is 14.1. The summed E-state index contributed by atoms with van der Waals surface area (Å²) in [6, 6.07) is 5.03. The number of rotatable bonds is 3. The number of anilines is 2. The van der Waals surface area contributed by atoms with Gasteiger partial charge in [-0.15, -0.1) is 0 Å². The van der Waals surface area contributed by atoms with E-state index in [2.05, 4.69) is 10.4 Å². The molecule has 1 heterocycles. The molecule has 2 aromatic rings. The molecule has 0 aliphatic carbocycles. The van der Waals surface area contributed by atoms with E-state index >= 15 is 0 Å². The molecule has 0 spiro atoms. The second-order valence-corrected chi connectivity index (χ2v) is 4.69. The number of benzene rings is 1. The third kappa shape index (κ3) is 2.73. The van der Waals surface area contributed by atoms with Gasteiger partial charge in [-0.25, -0.2) is 0 Å².